The number of aryl methyl sites for hydroxylation is 3. The molecule has 0 aliphatic carbocycles. The molecular formula is C17H22N2O3S. The van der Waals surface area contributed by atoms with E-state index in [1.165, 1.54) is 0 Å². The lowest BCUT2D eigenvalue weighted by Crippen LogP contribution is -2.30. The number of carbonyl (C=O) groups excluding carboxylic acids is 1. The van der Waals surface area contributed by atoms with E-state index in [0.29, 0.717) is 18.7 Å². The number of nitrogens with one attached hydrogen (secondary N) is 2. The van der Waals surface area contributed by atoms with Crippen molar-refractivity contribution in [3.05, 3.63) is 34.5 Å². The van der Waals surface area contributed by atoms with Crippen molar-refractivity contribution in [2.75, 3.05) is 18.1 Å². The number of aromatic amines is 1. The highest BCUT2D eigenvalue weighted by Gasteiger charge is 2.28. The first kappa shape index (κ1) is 16.1. The number of fused-ring (bicyclic) bond motifs is 1. The summed E-state index contributed by atoms with van der Waals surface area (Å²) in [4.78, 5) is 15.7. The number of carbonyl (C=O) groups is 1. The quantitative estimate of drug-likeness (QED) is 0.903. The van der Waals surface area contributed by atoms with Gasteiger partial charge in [0.25, 0.3) is 5.91 Å². The van der Waals surface area contributed by atoms with Gasteiger partial charge in [-0.25, -0.2) is 8.42 Å². The molecule has 1 fully saturated rings. The van der Waals surface area contributed by atoms with Crippen LogP contribution in [0, 0.1) is 26.7 Å². The summed E-state index contributed by atoms with van der Waals surface area (Å²) >= 11 is 0. The van der Waals surface area contributed by atoms with Crippen LogP contribution in [0.2, 0.25) is 0 Å². The van der Waals surface area contributed by atoms with Crippen molar-refractivity contribution in [1.29, 1.82) is 0 Å². The predicted octanol–water partition coefficient (Wildman–Crippen LogP) is 2.26. The molecule has 0 bridgehead atoms. The molecule has 1 aromatic heterocycles. The molecule has 2 aromatic rings. The molecule has 3 rings (SSSR count). The van der Waals surface area contributed by atoms with Crippen LogP contribution >= 0.6 is 0 Å². The third-order valence-corrected chi connectivity index (χ3v) is 6.56. The van der Waals surface area contributed by atoms with Crippen LogP contribution in [0.15, 0.2) is 12.1 Å². The Morgan fingerprint density at radius 1 is 1.26 bits per heavy atom. The van der Waals surface area contributed by atoms with E-state index in [1.54, 1.807) is 0 Å². The zero-order chi connectivity index (χ0) is 16.8. The molecule has 23 heavy (non-hydrogen) atoms. The van der Waals surface area contributed by atoms with Gasteiger partial charge >= 0.3 is 0 Å². The Balaban J connectivity index is 1.80. The zero-order valence-electron chi connectivity index (χ0n) is 13.7. The highest BCUT2D eigenvalue weighted by atomic mass is 32.2. The molecule has 0 unspecified atom stereocenters. The van der Waals surface area contributed by atoms with Gasteiger partial charge in [0.2, 0.25) is 0 Å². The van der Waals surface area contributed by atoms with Crippen molar-refractivity contribution in [1.82, 2.24) is 10.3 Å². The van der Waals surface area contributed by atoms with Gasteiger partial charge in [-0.15, -0.1) is 0 Å². The first-order chi connectivity index (χ1) is 10.8. The summed E-state index contributed by atoms with van der Waals surface area (Å²) in [6, 6.07) is 4.10. The number of benzene rings is 1. The normalized spacial score (nSPS) is 20.0. The number of rotatable bonds is 3. The fourth-order valence-electron chi connectivity index (χ4n) is 3.38. The number of hydrogen-bond acceptors (Lipinski definition) is 3. The van der Waals surface area contributed by atoms with E-state index in [2.05, 4.69) is 16.4 Å². The van der Waals surface area contributed by atoms with Crippen molar-refractivity contribution in [3.8, 4) is 0 Å². The van der Waals surface area contributed by atoms with E-state index in [4.69, 9.17) is 0 Å². The molecule has 1 aliphatic heterocycles. The molecule has 2 N–H and O–H groups in total. The second-order valence-corrected chi connectivity index (χ2v) is 8.78. The summed E-state index contributed by atoms with van der Waals surface area (Å²) in [5, 5.41) is 3.98. The van der Waals surface area contributed by atoms with Gasteiger partial charge in [0.05, 0.1) is 11.5 Å². The van der Waals surface area contributed by atoms with Gasteiger partial charge in [0.15, 0.2) is 9.84 Å². The van der Waals surface area contributed by atoms with Crippen LogP contribution in [0.1, 0.15) is 33.6 Å². The number of amides is 1. The number of aromatic nitrogens is 1. The lowest BCUT2D eigenvalue weighted by atomic mass is 10.0. The largest absolute Gasteiger partial charge is 0.350 e. The third-order valence-electron chi connectivity index (χ3n) is 4.73. The summed E-state index contributed by atoms with van der Waals surface area (Å²) < 4.78 is 23.0. The number of sulfone groups is 1. The molecule has 0 saturated carbocycles. The maximum Gasteiger partial charge on any atom is 0.268 e. The average Bonchev–Trinajstić information content (AvgIpc) is 3.01. The Kier molecular flexibility index (Phi) is 3.96. The minimum absolute atomic E-state index is 0.0251. The Morgan fingerprint density at radius 2 is 1.96 bits per heavy atom. The zero-order valence-corrected chi connectivity index (χ0v) is 14.5. The van der Waals surface area contributed by atoms with Gasteiger partial charge < -0.3 is 10.3 Å². The second-order valence-electron chi connectivity index (χ2n) is 6.55. The molecule has 124 valence electrons. The van der Waals surface area contributed by atoms with Gasteiger partial charge in [0, 0.05) is 17.4 Å². The van der Waals surface area contributed by atoms with Gasteiger partial charge in [-0.05, 0) is 49.8 Å². The van der Waals surface area contributed by atoms with Crippen molar-refractivity contribution in [2.45, 2.75) is 27.2 Å². The number of hydrogen-bond donors (Lipinski definition) is 2. The molecular weight excluding hydrogens is 312 g/mol. The van der Waals surface area contributed by atoms with Crippen LogP contribution in [-0.2, 0) is 9.84 Å². The maximum absolute atomic E-state index is 12.5. The Labute approximate surface area is 136 Å². The topological polar surface area (TPSA) is 79.0 Å². The molecule has 1 aliphatic rings. The summed E-state index contributed by atoms with van der Waals surface area (Å²) in [5.74, 6) is 0.271. The first-order valence-electron chi connectivity index (χ1n) is 7.85. The van der Waals surface area contributed by atoms with Crippen molar-refractivity contribution >= 4 is 26.6 Å². The van der Waals surface area contributed by atoms with Crippen LogP contribution < -0.4 is 5.32 Å². The van der Waals surface area contributed by atoms with Crippen molar-refractivity contribution in [2.24, 2.45) is 5.92 Å². The summed E-state index contributed by atoms with van der Waals surface area (Å²) in [6.45, 7) is 6.40. The summed E-state index contributed by atoms with van der Waals surface area (Å²) in [6.07, 6.45) is 0.631. The van der Waals surface area contributed by atoms with E-state index in [-0.39, 0.29) is 23.3 Å². The van der Waals surface area contributed by atoms with Crippen LogP contribution in [0.4, 0.5) is 0 Å². The maximum atomic E-state index is 12.5. The molecule has 1 atom stereocenters. The molecule has 1 aromatic carbocycles. The Morgan fingerprint density at radius 3 is 2.57 bits per heavy atom. The summed E-state index contributed by atoms with van der Waals surface area (Å²) in [5.41, 5.74) is 4.75. The summed E-state index contributed by atoms with van der Waals surface area (Å²) in [7, 11) is -2.91. The van der Waals surface area contributed by atoms with Crippen LogP contribution in [-0.4, -0.2) is 37.4 Å². The van der Waals surface area contributed by atoms with E-state index in [0.717, 1.165) is 27.6 Å². The van der Waals surface area contributed by atoms with Crippen molar-refractivity contribution in [3.63, 3.8) is 0 Å². The lowest BCUT2D eigenvalue weighted by Gasteiger charge is -2.09. The smallest absolute Gasteiger partial charge is 0.268 e. The van der Waals surface area contributed by atoms with Crippen LogP contribution in [0.5, 0.6) is 0 Å². The minimum atomic E-state index is -2.91. The van der Waals surface area contributed by atoms with E-state index in [1.807, 2.05) is 26.8 Å². The highest BCUT2D eigenvalue weighted by molar-refractivity contribution is 7.91. The minimum Gasteiger partial charge on any atom is -0.350 e. The first-order valence-corrected chi connectivity index (χ1v) is 9.68. The predicted molar refractivity (Wildman–Crippen MR) is 91.6 cm³/mol. The van der Waals surface area contributed by atoms with Crippen molar-refractivity contribution < 1.29 is 13.2 Å². The molecule has 1 saturated heterocycles. The van der Waals surface area contributed by atoms with Crippen LogP contribution in [0.25, 0.3) is 10.9 Å². The lowest BCUT2D eigenvalue weighted by molar-refractivity contribution is 0.0943. The van der Waals surface area contributed by atoms with E-state index in [9.17, 15) is 13.2 Å². The standard InChI is InChI=1S/C17H22N2O3S/c1-10-4-5-11(2)15-14(10)12(3)16(19-15)17(20)18-8-13-6-7-23(21,22)9-13/h4-5,13,19H,6-9H2,1-3H3,(H,18,20)/t13-/m1/s1. The van der Waals surface area contributed by atoms with Gasteiger partial charge in [-0.3, -0.25) is 4.79 Å². The van der Waals surface area contributed by atoms with E-state index < -0.39 is 9.84 Å². The molecule has 2 heterocycles. The van der Waals surface area contributed by atoms with Gasteiger partial charge in [-0.2, -0.15) is 0 Å². The average molecular weight is 334 g/mol. The van der Waals surface area contributed by atoms with Gasteiger partial charge in [-0.1, -0.05) is 12.1 Å². The highest BCUT2D eigenvalue weighted by Crippen LogP contribution is 2.27. The fourth-order valence-corrected chi connectivity index (χ4v) is 5.25. The molecule has 1 amide bonds. The molecule has 5 nitrogen and oxygen atoms in total. The molecule has 0 spiro atoms. The van der Waals surface area contributed by atoms with Crippen LogP contribution in [0.3, 0.4) is 0 Å². The Hall–Kier alpha value is -1.82. The fraction of sp³-hybridized carbons (Fsp3) is 0.471. The Bertz CT molecular complexity index is 881. The second kappa shape index (κ2) is 5.67. The third kappa shape index (κ3) is 3.00. The monoisotopic (exact) mass is 334 g/mol. The molecule has 0 radical (unpaired) electrons. The van der Waals surface area contributed by atoms with Gasteiger partial charge in [0.1, 0.15) is 5.69 Å². The molecule has 6 heteroatoms. The van der Waals surface area contributed by atoms with E-state index >= 15 is 0 Å². The SMILES string of the molecule is Cc1ccc(C)c2c(C)c(C(=O)NC[C@H]3CCS(=O)(=O)C3)[nH]c12. The number of H-pyrrole nitrogens is 1.